The Kier molecular flexibility index (Phi) is 6.46. The van der Waals surface area contributed by atoms with Crippen LogP contribution in [0.25, 0.3) is 0 Å². The van der Waals surface area contributed by atoms with Crippen LogP contribution >= 0.6 is 0 Å². The van der Waals surface area contributed by atoms with Gasteiger partial charge in [0.15, 0.2) is 18.1 Å². The van der Waals surface area contributed by atoms with Crippen molar-refractivity contribution in [3.63, 3.8) is 0 Å². The molecule has 2 rings (SSSR count). The fraction of sp³-hybridized carbons (Fsp3) is 0.556. The number of hydrogen-bond acceptors (Lipinski definition) is 4. The van der Waals surface area contributed by atoms with E-state index in [0.29, 0.717) is 29.6 Å². The minimum atomic E-state index is -0.563. The molecule has 2 N–H and O–H groups in total. The smallest absolute Gasteiger partial charge is 0.255 e. The lowest BCUT2D eigenvalue weighted by atomic mass is 9.93. The lowest BCUT2D eigenvalue weighted by molar-refractivity contribution is -0.119. The molecule has 0 unspecified atom stereocenters. The van der Waals surface area contributed by atoms with E-state index >= 15 is 0 Å². The van der Waals surface area contributed by atoms with Gasteiger partial charge in [0.05, 0.1) is 7.11 Å². The molecule has 6 heteroatoms. The number of primary amides is 1. The summed E-state index contributed by atoms with van der Waals surface area (Å²) in [5.74, 6) is 0.256. The normalized spacial score (nSPS) is 14.9. The molecule has 132 valence electrons. The Labute approximate surface area is 142 Å². The van der Waals surface area contributed by atoms with Crippen molar-refractivity contribution < 1.29 is 19.1 Å². The van der Waals surface area contributed by atoms with Crippen LogP contribution in [0.1, 0.15) is 49.4 Å². The van der Waals surface area contributed by atoms with Crippen LogP contribution < -0.4 is 15.2 Å². The van der Waals surface area contributed by atoms with E-state index in [2.05, 4.69) is 0 Å². The lowest BCUT2D eigenvalue weighted by Crippen LogP contribution is -2.41. The summed E-state index contributed by atoms with van der Waals surface area (Å²) in [5, 5.41) is 0. The first-order valence-electron chi connectivity index (χ1n) is 8.47. The van der Waals surface area contributed by atoms with E-state index in [1.54, 1.807) is 18.2 Å². The van der Waals surface area contributed by atoms with Gasteiger partial charge >= 0.3 is 0 Å². The van der Waals surface area contributed by atoms with Crippen LogP contribution in [0.2, 0.25) is 0 Å². The number of hydrogen-bond donors (Lipinski definition) is 1. The fourth-order valence-electron chi connectivity index (χ4n) is 3.19. The molecule has 2 amide bonds. The molecule has 0 aliphatic heterocycles. The third-order valence-electron chi connectivity index (χ3n) is 4.40. The summed E-state index contributed by atoms with van der Waals surface area (Å²) in [5.41, 5.74) is 5.65. The van der Waals surface area contributed by atoms with Gasteiger partial charge in [0.1, 0.15) is 0 Å². The van der Waals surface area contributed by atoms with E-state index in [4.69, 9.17) is 15.2 Å². The number of rotatable bonds is 7. The number of benzene rings is 1. The zero-order valence-electron chi connectivity index (χ0n) is 14.4. The van der Waals surface area contributed by atoms with Gasteiger partial charge in [0.2, 0.25) is 0 Å². The summed E-state index contributed by atoms with van der Waals surface area (Å²) in [4.78, 5) is 25.7. The third kappa shape index (κ3) is 4.40. The lowest BCUT2D eigenvalue weighted by Gasteiger charge is -2.33. The first-order valence-corrected chi connectivity index (χ1v) is 8.47. The largest absolute Gasteiger partial charge is 0.493 e. The molecule has 1 aliphatic carbocycles. The van der Waals surface area contributed by atoms with Crippen molar-refractivity contribution in [3.8, 4) is 11.5 Å². The van der Waals surface area contributed by atoms with Crippen LogP contribution in [0, 0.1) is 0 Å². The minimum absolute atomic E-state index is 0.00384. The Morgan fingerprint density at radius 2 is 1.92 bits per heavy atom. The molecule has 0 bridgehead atoms. The number of amides is 2. The van der Waals surface area contributed by atoms with Crippen LogP contribution in [0.3, 0.4) is 0 Å². The zero-order chi connectivity index (χ0) is 17.5. The SMILES string of the molecule is CCN(C(=O)c1ccc(OCC(N)=O)c(OC)c1)C1CCCCC1. The van der Waals surface area contributed by atoms with Gasteiger partial charge in [0, 0.05) is 18.2 Å². The van der Waals surface area contributed by atoms with Gasteiger partial charge < -0.3 is 20.1 Å². The van der Waals surface area contributed by atoms with Gasteiger partial charge in [0.25, 0.3) is 11.8 Å². The maximum Gasteiger partial charge on any atom is 0.255 e. The Balaban J connectivity index is 2.16. The van der Waals surface area contributed by atoms with Gasteiger partial charge in [-0.3, -0.25) is 9.59 Å². The van der Waals surface area contributed by atoms with Crippen molar-refractivity contribution in [1.82, 2.24) is 4.90 Å². The number of methoxy groups -OCH3 is 1. The number of carbonyl (C=O) groups is 2. The number of nitrogens with two attached hydrogens (primary N) is 1. The summed E-state index contributed by atoms with van der Waals surface area (Å²) in [6.07, 6.45) is 5.74. The molecule has 0 saturated heterocycles. The van der Waals surface area contributed by atoms with Crippen molar-refractivity contribution in [2.75, 3.05) is 20.3 Å². The summed E-state index contributed by atoms with van der Waals surface area (Å²) in [6.45, 7) is 2.46. The average Bonchev–Trinajstić information content (AvgIpc) is 2.61. The molecule has 1 aromatic carbocycles. The van der Waals surface area contributed by atoms with Gasteiger partial charge in [-0.1, -0.05) is 19.3 Å². The predicted octanol–water partition coefficient (Wildman–Crippen LogP) is 2.35. The topological polar surface area (TPSA) is 81.9 Å². The summed E-state index contributed by atoms with van der Waals surface area (Å²) >= 11 is 0. The molecule has 0 radical (unpaired) electrons. The second-order valence-corrected chi connectivity index (χ2v) is 6.00. The molecule has 0 heterocycles. The summed E-state index contributed by atoms with van der Waals surface area (Å²) < 4.78 is 10.6. The van der Waals surface area contributed by atoms with E-state index < -0.39 is 5.91 Å². The van der Waals surface area contributed by atoms with E-state index in [1.807, 2.05) is 11.8 Å². The van der Waals surface area contributed by atoms with Crippen LogP contribution in [0.4, 0.5) is 0 Å². The van der Waals surface area contributed by atoms with Gasteiger partial charge in [-0.15, -0.1) is 0 Å². The van der Waals surface area contributed by atoms with Gasteiger partial charge in [-0.2, -0.15) is 0 Å². The van der Waals surface area contributed by atoms with Crippen LogP contribution in [0.5, 0.6) is 11.5 Å². The van der Waals surface area contributed by atoms with E-state index in [0.717, 1.165) is 12.8 Å². The molecule has 1 aromatic rings. The molecule has 0 spiro atoms. The molecule has 0 aromatic heterocycles. The Morgan fingerprint density at radius 1 is 1.21 bits per heavy atom. The van der Waals surface area contributed by atoms with Crippen molar-refractivity contribution in [2.45, 2.75) is 45.1 Å². The quantitative estimate of drug-likeness (QED) is 0.830. The number of nitrogens with zero attached hydrogens (tertiary/aromatic N) is 1. The molecule has 1 saturated carbocycles. The highest BCUT2D eigenvalue weighted by Gasteiger charge is 2.25. The van der Waals surface area contributed by atoms with Gasteiger partial charge in [-0.25, -0.2) is 0 Å². The van der Waals surface area contributed by atoms with E-state index in [1.165, 1.54) is 26.4 Å². The molecular weight excluding hydrogens is 308 g/mol. The summed E-state index contributed by atoms with van der Waals surface area (Å²) in [6, 6.07) is 5.31. The standard InChI is InChI=1S/C18H26N2O4/c1-3-20(14-7-5-4-6-8-14)18(22)13-9-10-15(16(11-13)23-2)24-12-17(19)21/h9-11,14H,3-8,12H2,1-2H3,(H2,19,21). The third-order valence-corrected chi connectivity index (χ3v) is 4.40. The molecule has 1 aliphatic rings. The average molecular weight is 334 g/mol. The Bertz CT molecular complexity index is 582. The van der Waals surface area contributed by atoms with Crippen molar-refractivity contribution >= 4 is 11.8 Å². The van der Waals surface area contributed by atoms with Gasteiger partial charge in [-0.05, 0) is 38.0 Å². The number of ether oxygens (including phenoxy) is 2. The predicted molar refractivity (Wildman–Crippen MR) is 91.3 cm³/mol. The van der Waals surface area contributed by atoms with Crippen LogP contribution in [0.15, 0.2) is 18.2 Å². The highest BCUT2D eigenvalue weighted by Crippen LogP contribution is 2.30. The molecule has 24 heavy (non-hydrogen) atoms. The zero-order valence-corrected chi connectivity index (χ0v) is 14.4. The van der Waals surface area contributed by atoms with E-state index in [-0.39, 0.29) is 12.5 Å². The highest BCUT2D eigenvalue weighted by atomic mass is 16.5. The second kappa shape index (κ2) is 8.57. The van der Waals surface area contributed by atoms with Crippen LogP contribution in [-0.4, -0.2) is 43.0 Å². The minimum Gasteiger partial charge on any atom is -0.493 e. The van der Waals surface area contributed by atoms with Crippen molar-refractivity contribution in [3.05, 3.63) is 23.8 Å². The molecule has 1 fully saturated rings. The maximum atomic E-state index is 12.9. The monoisotopic (exact) mass is 334 g/mol. The molecule has 6 nitrogen and oxygen atoms in total. The summed E-state index contributed by atoms with van der Waals surface area (Å²) in [7, 11) is 1.50. The number of carbonyl (C=O) groups excluding carboxylic acids is 2. The Morgan fingerprint density at radius 3 is 2.50 bits per heavy atom. The fourth-order valence-corrected chi connectivity index (χ4v) is 3.19. The molecule has 0 atom stereocenters. The Hall–Kier alpha value is -2.24. The van der Waals surface area contributed by atoms with Crippen molar-refractivity contribution in [1.29, 1.82) is 0 Å². The van der Waals surface area contributed by atoms with E-state index in [9.17, 15) is 9.59 Å². The first-order chi connectivity index (χ1) is 11.6. The van der Waals surface area contributed by atoms with Crippen molar-refractivity contribution in [2.24, 2.45) is 5.73 Å². The second-order valence-electron chi connectivity index (χ2n) is 6.00. The molecular formula is C18H26N2O4. The maximum absolute atomic E-state index is 12.9. The van der Waals surface area contributed by atoms with Crippen LogP contribution in [-0.2, 0) is 4.79 Å². The first kappa shape index (κ1) is 18.1. The highest BCUT2D eigenvalue weighted by molar-refractivity contribution is 5.95.